The largest absolute Gasteiger partial charge is 0.444 e. The van der Waals surface area contributed by atoms with Crippen molar-refractivity contribution in [2.45, 2.75) is 90.4 Å². The second-order valence-electron chi connectivity index (χ2n) is 14.1. The maximum absolute atomic E-state index is 13.6. The van der Waals surface area contributed by atoms with Gasteiger partial charge in [-0.2, -0.15) is 0 Å². The number of hydrogen-bond donors (Lipinski definition) is 0. The molecule has 1 saturated heterocycles. The van der Waals surface area contributed by atoms with E-state index in [9.17, 15) is 14.0 Å². The molecule has 0 atom stereocenters. The number of esters is 1. The SMILES string of the molecule is CC/C=C\C/C=C\C/C=C\C/C=C\C/C=C\C/C=C\CCC(=O)OCn1c(N(C)C2CCN(c3nc4ccccc4n3Cc3ccc(F)cc3)CC2)nccc1=O. The van der Waals surface area contributed by atoms with Crippen LogP contribution in [0.5, 0.6) is 0 Å². The predicted octanol–water partition coefficient (Wildman–Crippen LogP) is 9.86. The number of ether oxygens (including phenoxy) is 1. The molecule has 10 heteroatoms. The molecule has 9 nitrogen and oxygen atoms in total. The summed E-state index contributed by atoms with van der Waals surface area (Å²) in [6, 6.07) is 16.2. The highest BCUT2D eigenvalue weighted by Gasteiger charge is 2.28. The van der Waals surface area contributed by atoms with Gasteiger partial charge < -0.3 is 19.1 Å². The second-order valence-corrected chi connectivity index (χ2v) is 14.1. The van der Waals surface area contributed by atoms with Gasteiger partial charge in [0, 0.05) is 44.9 Å². The summed E-state index contributed by atoms with van der Waals surface area (Å²) in [7, 11) is 1.94. The molecule has 0 saturated carbocycles. The Labute approximate surface area is 336 Å². The average Bonchev–Trinajstić information content (AvgIpc) is 3.59. The quantitative estimate of drug-likeness (QED) is 0.0616. The number of halogens is 1. The van der Waals surface area contributed by atoms with Gasteiger partial charge in [-0.25, -0.2) is 18.9 Å². The van der Waals surface area contributed by atoms with E-state index >= 15 is 0 Å². The molecule has 0 radical (unpaired) electrons. The molecule has 0 N–H and O–H groups in total. The lowest BCUT2D eigenvalue weighted by Crippen LogP contribution is -2.46. The van der Waals surface area contributed by atoms with Gasteiger partial charge in [-0.1, -0.05) is 104 Å². The molecular weight excluding hydrogens is 716 g/mol. The third-order valence-corrected chi connectivity index (χ3v) is 9.88. The van der Waals surface area contributed by atoms with Crippen LogP contribution in [0, 0.1) is 5.82 Å². The highest BCUT2D eigenvalue weighted by molar-refractivity contribution is 5.79. The number of imidazole rings is 1. The Bertz CT molecular complexity index is 2080. The van der Waals surface area contributed by atoms with E-state index < -0.39 is 0 Å². The van der Waals surface area contributed by atoms with Crippen molar-refractivity contribution in [2.75, 3.05) is 29.9 Å². The van der Waals surface area contributed by atoms with Gasteiger partial charge >= 0.3 is 5.97 Å². The number of nitrogens with zero attached hydrogens (tertiary/aromatic N) is 6. The summed E-state index contributed by atoms with van der Waals surface area (Å²) in [4.78, 5) is 39.4. The van der Waals surface area contributed by atoms with Crippen molar-refractivity contribution in [1.82, 2.24) is 19.1 Å². The number of benzene rings is 2. The van der Waals surface area contributed by atoms with Gasteiger partial charge in [0.2, 0.25) is 11.9 Å². The topological polar surface area (TPSA) is 85.5 Å². The molecule has 1 aliphatic rings. The van der Waals surface area contributed by atoms with E-state index in [4.69, 9.17) is 9.72 Å². The molecule has 2 aromatic heterocycles. The number of piperidine rings is 1. The van der Waals surface area contributed by atoms with Crippen LogP contribution in [0.25, 0.3) is 11.0 Å². The van der Waals surface area contributed by atoms with Crippen LogP contribution in [0.15, 0.2) is 139 Å². The summed E-state index contributed by atoms with van der Waals surface area (Å²) >= 11 is 0. The van der Waals surface area contributed by atoms with E-state index in [-0.39, 0.29) is 36.5 Å². The zero-order chi connectivity index (χ0) is 40.1. The summed E-state index contributed by atoms with van der Waals surface area (Å²) in [6.45, 7) is 4.04. The fourth-order valence-electron chi connectivity index (χ4n) is 6.73. The first-order chi connectivity index (χ1) is 27.9. The number of anilines is 2. The van der Waals surface area contributed by atoms with Crippen LogP contribution in [-0.2, 0) is 22.8 Å². The van der Waals surface area contributed by atoms with Crippen LogP contribution >= 0.6 is 0 Å². The average molecular weight is 773 g/mol. The molecule has 3 heterocycles. The van der Waals surface area contributed by atoms with Crippen LogP contribution in [0.3, 0.4) is 0 Å². The Morgan fingerprint density at radius 3 is 2.04 bits per heavy atom. The number of para-hydroxylation sites is 2. The highest BCUT2D eigenvalue weighted by Crippen LogP contribution is 2.28. The lowest BCUT2D eigenvalue weighted by atomic mass is 10.0. The van der Waals surface area contributed by atoms with Gasteiger partial charge in [0.1, 0.15) is 5.82 Å². The molecule has 0 spiro atoms. The molecule has 4 aromatic rings. The standard InChI is InChI=1S/C47H57FN6O3/c1-3-4-5-6-7-8-9-10-11-12-13-14-15-16-17-18-19-20-21-26-45(56)57-38-54-44(55)31-34-49-46(54)51(2)41-32-35-52(36-33-41)47-50-42-24-22-23-25-43(42)53(47)37-39-27-29-40(48)30-28-39/h4-5,7-8,10-11,13-14,16-17,19-20,22-25,27-31,34,41H,3,6,9,12,15,18,21,26,32-33,35-38H2,1-2H3/b5-4-,8-7-,11-10-,14-13-,17-16-,20-19-. The summed E-state index contributed by atoms with van der Waals surface area (Å²) in [5.74, 6) is 0.728. The van der Waals surface area contributed by atoms with Gasteiger partial charge in [0.15, 0.2) is 6.73 Å². The third-order valence-electron chi connectivity index (χ3n) is 9.88. The van der Waals surface area contributed by atoms with E-state index in [1.165, 1.54) is 29.0 Å². The molecule has 57 heavy (non-hydrogen) atoms. The first-order valence-corrected chi connectivity index (χ1v) is 20.2. The van der Waals surface area contributed by atoms with Crippen molar-refractivity contribution >= 4 is 28.9 Å². The van der Waals surface area contributed by atoms with Crippen molar-refractivity contribution in [3.05, 3.63) is 155 Å². The zero-order valence-electron chi connectivity index (χ0n) is 33.5. The van der Waals surface area contributed by atoms with Crippen LogP contribution < -0.4 is 15.4 Å². The van der Waals surface area contributed by atoms with Crippen LogP contribution in [-0.4, -0.2) is 51.3 Å². The molecular formula is C47H57FN6O3. The molecule has 0 unspecified atom stereocenters. The van der Waals surface area contributed by atoms with Gasteiger partial charge in [-0.3, -0.25) is 9.59 Å². The van der Waals surface area contributed by atoms with E-state index in [0.29, 0.717) is 18.9 Å². The van der Waals surface area contributed by atoms with E-state index in [2.05, 4.69) is 88.2 Å². The molecule has 0 amide bonds. The Morgan fingerprint density at radius 1 is 0.807 bits per heavy atom. The van der Waals surface area contributed by atoms with Crippen molar-refractivity contribution in [3.63, 3.8) is 0 Å². The molecule has 1 fully saturated rings. The van der Waals surface area contributed by atoms with Crippen LogP contribution in [0.2, 0.25) is 0 Å². The Hall–Kier alpha value is -5.77. The summed E-state index contributed by atoms with van der Waals surface area (Å²) in [6.07, 6.45) is 35.4. The summed E-state index contributed by atoms with van der Waals surface area (Å²) in [5, 5.41) is 0. The Morgan fingerprint density at radius 2 is 1.40 bits per heavy atom. The maximum Gasteiger partial charge on any atom is 0.307 e. The lowest BCUT2D eigenvalue weighted by molar-refractivity contribution is -0.147. The Kier molecular flexibility index (Phi) is 17.3. The minimum atomic E-state index is -0.365. The van der Waals surface area contributed by atoms with Crippen molar-refractivity contribution in [3.8, 4) is 0 Å². The van der Waals surface area contributed by atoms with Crippen LogP contribution in [0.4, 0.5) is 16.3 Å². The molecule has 300 valence electrons. The highest BCUT2D eigenvalue weighted by atomic mass is 19.1. The lowest BCUT2D eigenvalue weighted by Gasteiger charge is -2.38. The van der Waals surface area contributed by atoms with Crippen molar-refractivity contribution < 1.29 is 13.9 Å². The van der Waals surface area contributed by atoms with Crippen molar-refractivity contribution in [2.24, 2.45) is 0 Å². The summed E-state index contributed by atoms with van der Waals surface area (Å²) in [5.41, 5.74) is 2.67. The Balaban J connectivity index is 1.03. The molecule has 5 rings (SSSR count). The molecule has 0 bridgehead atoms. The first kappa shape index (κ1) is 42.4. The monoisotopic (exact) mass is 772 g/mol. The third kappa shape index (κ3) is 13.4. The minimum absolute atomic E-state index is 0.112. The fraction of sp³-hybridized carbons (Fsp3) is 0.362. The number of aromatic nitrogens is 4. The number of allylic oxidation sites excluding steroid dienone is 12. The maximum atomic E-state index is 13.6. The van der Waals surface area contributed by atoms with Crippen molar-refractivity contribution in [1.29, 1.82) is 0 Å². The van der Waals surface area contributed by atoms with Gasteiger partial charge in [-0.15, -0.1) is 0 Å². The van der Waals surface area contributed by atoms with Crippen LogP contribution in [0.1, 0.15) is 76.7 Å². The smallest absolute Gasteiger partial charge is 0.307 e. The number of fused-ring (bicyclic) bond motifs is 1. The van der Waals surface area contributed by atoms with E-state index in [1.807, 2.05) is 54.4 Å². The second kappa shape index (κ2) is 23.3. The van der Waals surface area contributed by atoms with Gasteiger partial charge in [0.05, 0.1) is 17.6 Å². The van der Waals surface area contributed by atoms with Gasteiger partial charge in [0.25, 0.3) is 5.56 Å². The first-order valence-electron chi connectivity index (χ1n) is 20.2. The molecule has 2 aromatic carbocycles. The predicted molar refractivity (Wildman–Crippen MR) is 231 cm³/mol. The number of hydrogen-bond acceptors (Lipinski definition) is 7. The number of rotatable bonds is 21. The zero-order valence-corrected chi connectivity index (χ0v) is 33.5. The fourth-order valence-corrected chi connectivity index (χ4v) is 6.73. The minimum Gasteiger partial charge on any atom is -0.444 e. The number of carbonyl (C=O) groups is 1. The molecule has 1 aliphatic heterocycles. The van der Waals surface area contributed by atoms with E-state index in [0.717, 1.165) is 87.0 Å². The molecule has 0 aliphatic carbocycles. The number of carbonyl (C=O) groups excluding carboxylic acids is 1. The van der Waals surface area contributed by atoms with Gasteiger partial charge in [-0.05, 0) is 87.6 Å². The summed E-state index contributed by atoms with van der Waals surface area (Å²) < 4.78 is 22.8. The normalized spacial score (nSPS) is 14.3. The van der Waals surface area contributed by atoms with E-state index in [1.54, 1.807) is 0 Å².